The summed E-state index contributed by atoms with van der Waals surface area (Å²) >= 11 is 0. The number of aliphatic hydroxyl groups is 1. The Hall–Kier alpha value is -0.653. The molecule has 0 aromatic rings. The van der Waals surface area contributed by atoms with Crippen molar-refractivity contribution in [1.82, 2.24) is 0 Å². The summed E-state index contributed by atoms with van der Waals surface area (Å²) in [7, 11) is -1.89. The predicted octanol–water partition coefficient (Wildman–Crippen LogP) is 3.02. The molecular weight excluding hydrogens is 272 g/mol. The number of esters is 1. The molecule has 0 unspecified atom stereocenters. The van der Waals surface area contributed by atoms with E-state index < -0.39 is 20.5 Å². The maximum Gasteiger partial charge on any atom is 0.303 e. The normalized spacial score (nSPS) is 28.4. The number of carbonyl (C=O) groups excluding carboxylic acids is 1. The first-order valence-corrected chi connectivity index (χ1v) is 10.1. The van der Waals surface area contributed by atoms with E-state index in [-0.39, 0.29) is 17.1 Å². The van der Waals surface area contributed by atoms with Crippen LogP contribution in [0.2, 0.25) is 18.1 Å². The zero-order chi connectivity index (χ0) is 15.7. The summed E-state index contributed by atoms with van der Waals surface area (Å²) in [5.41, 5.74) is 0.579. The van der Waals surface area contributed by atoms with Crippen molar-refractivity contribution in [2.75, 3.05) is 0 Å². The highest BCUT2D eigenvalue weighted by molar-refractivity contribution is 6.74. The highest BCUT2D eigenvalue weighted by Crippen LogP contribution is 2.39. The van der Waals surface area contributed by atoms with E-state index in [1.807, 2.05) is 0 Å². The Morgan fingerprint density at radius 1 is 1.35 bits per heavy atom. The van der Waals surface area contributed by atoms with Gasteiger partial charge in [-0.1, -0.05) is 27.4 Å². The Kier molecular flexibility index (Phi) is 5.22. The van der Waals surface area contributed by atoms with Crippen LogP contribution in [0.4, 0.5) is 0 Å². The second-order valence-electron chi connectivity index (χ2n) is 7.16. The first-order valence-electron chi connectivity index (χ1n) is 7.16. The molecule has 3 atom stereocenters. The predicted molar refractivity (Wildman–Crippen MR) is 82.0 cm³/mol. The topological polar surface area (TPSA) is 55.8 Å². The second-order valence-corrected chi connectivity index (χ2v) is 11.9. The molecule has 116 valence electrons. The number of hydrogen-bond donors (Lipinski definition) is 1. The maximum atomic E-state index is 11.1. The number of aliphatic hydroxyl groups excluding tert-OH is 1. The Morgan fingerprint density at radius 2 is 1.90 bits per heavy atom. The van der Waals surface area contributed by atoms with E-state index in [9.17, 15) is 9.90 Å². The van der Waals surface area contributed by atoms with E-state index in [1.54, 1.807) is 0 Å². The quantitative estimate of drug-likeness (QED) is 0.494. The SMILES string of the molecule is C=C1[C@@H](OC(C)=O)C[C@@H](O[Si](C)(C)C(C)(C)C)C[C@@H]1O. The van der Waals surface area contributed by atoms with Crippen molar-refractivity contribution in [1.29, 1.82) is 0 Å². The van der Waals surface area contributed by atoms with Gasteiger partial charge in [0.05, 0.1) is 12.2 Å². The standard InChI is InChI=1S/C15H28O4Si/c1-10-13(17)8-12(9-14(10)18-11(2)16)19-20(6,7)15(3,4)5/h12-14,17H,1,8-9H2,2-7H3/t12-,13-,14-/m0/s1. The summed E-state index contributed by atoms with van der Waals surface area (Å²) in [5, 5.41) is 10.2. The molecule has 1 aliphatic carbocycles. The average Bonchev–Trinajstić information content (AvgIpc) is 2.22. The first kappa shape index (κ1) is 17.4. The van der Waals surface area contributed by atoms with Gasteiger partial charge < -0.3 is 14.3 Å². The fourth-order valence-electron chi connectivity index (χ4n) is 2.12. The summed E-state index contributed by atoms with van der Waals surface area (Å²) < 4.78 is 11.6. The Balaban J connectivity index is 2.77. The number of hydrogen-bond acceptors (Lipinski definition) is 4. The zero-order valence-electron chi connectivity index (χ0n) is 13.5. The largest absolute Gasteiger partial charge is 0.458 e. The molecule has 0 aromatic carbocycles. The number of carbonyl (C=O) groups is 1. The van der Waals surface area contributed by atoms with E-state index in [4.69, 9.17) is 9.16 Å². The summed E-state index contributed by atoms with van der Waals surface area (Å²) in [6.07, 6.45) is -0.0694. The van der Waals surface area contributed by atoms with Gasteiger partial charge in [-0.2, -0.15) is 0 Å². The third kappa shape index (κ3) is 4.17. The molecule has 0 heterocycles. The molecule has 0 aliphatic heterocycles. The van der Waals surface area contributed by atoms with E-state index >= 15 is 0 Å². The van der Waals surface area contributed by atoms with Crippen LogP contribution in [0.3, 0.4) is 0 Å². The number of rotatable bonds is 3. The van der Waals surface area contributed by atoms with Gasteiger partial charge in [-0.05, 0) is 23.7 Å². The van der Waals surface area contributed by atoms with E-state index in [0.717, 1.165) is 0 Å². The van der Waals surface area contributed by atoms with Gasteiger partial charge in [0, 0.05) is 19.8 Å². The fraction of sp³-hybridized carbons (Fsp3) is 0.800. The van der Waals surface area contributed by atoms with Gasteiger partial charge in [-0.3, -0.25) is 4.79 Å². The molecule has 0 aromatic heterocycles. The Labute approximate surface area is 123 Å². The van der Waals surface area contributed by atoms with Gasteiger partial charge in [-0.25, -0.2) is 0 Å². The van der Waals surface area contributed by atoms with Crippen LogP contribution in [0, 0.1) is 0 Å². The van der Waals surface area contributed by atoms with Crippen molar-refractivity contribution in [3.05, 3.63) is 12.2 Å². The van der Waals surface area contributed by atoms with Crippen molar-refractivity contribution in [2.45, 2.75) is 77.0 Å². The van der Waals surface area contributed by atoms with Crippen molar-refractivity contribution in [3.63, 3.8) is 0 Å². The zero-order valence-corrected chi connectivity index (χ0v) is 14.5. The lowest BCUT2D eigenvalue weighted by Gasteiger charge is -2.42. The molecule has 5 heteroatoms. The minimum Gasteiger partial charge on any atom is -0.458 e. The van der Waals surface area contributed by atoms with Crippen LogP contribution < -0.4 is 0 Å². The molecular formula is C15H28O4Si. The van der Waals surface area contributed by atoms with Gasteiger partial charge in [0.2, 0.25) is 0 Å². The first-order chi connectivity index (χ1) is 8.94. The molecule has 1 saturated carbocycles. The molecule has 1 rings (SSSR count). The van der Waals surface area contributed by atoms with Gasteiger partial charge in [-0.15, -0.1) is 0 Å². The van der Waals surface area contributed by atoms with Crippen LogP contribution >= 0.6 is 0 Å². The highest BCUT2D eigenvalue weighted by atomic mass is 28.4. The highest BCUT2D eigenvalue weighted by Gasteiger charge is 2.42. The van der Waals surface area contributed by atoms with Crippen LogP contribution in [-0.4, -0.2) is 37.7 Å². The maximum absolute atomic E-state index is 11.1. The molecule has 20 heavy (non-hydrogen) atoms. The summed E-state index contributed by atoms with van der Waals surface area (Å²) in [4.78, 5) is 11.1. The molecule has 0 amide bonds. The van der Waals surface area contributed by atoms with Gasteiger partial charge in [0.1, 0.15) is 6.10 Å². The molecule has 0 spiro atoms. The van der Waals surface area contributed by atoms with Gasteiger partial charge >= 0.3 is 5.97 Å². The lowest BCUT2D eigenvalue weighted by atomic mass is 9.88. The van der Waals surface area contributed by atoms with Crippen molar-refractivity contribution >= 4 is 14.3 Å². The smallest absolute Gasteiger partial charge is 0.303 e. The second kappa shape index (κ2) is 5.99. The van der Waals surface area contributed by atoms with Crippen LogP contribution in [0.25, 0.3) is 0 Å². The summed E-state index contributed by atoms with van der Waals surface area (Å²) in [5.74, 6) is -0.351. The summed E-state index contributed by atoms with van der Waals surface area (Å²) in [6, 6.07) is 0. The van der Waals surface area contributed by atoms with Crippen molar-refractivity contribution < 1.29 is 19.1 Å². The van der Waals surface area contributed by atoms with E-state index in [2.05, 4.69) is 40.4 Å². The molecule has 0 radical (unpaired) electrons. The van der Waals surface area contributed by atoms with Crippen molar-refractivity contribution in [3.8, 4) is 0 Å². The third-order valence-corrected chi connectivity index (χ3v) is 8.92. The average molecular weight is 300 g/mol. The Morgan fingerprint density at radius 3 is 2.35 bits per heavy atom. The van der Waals surface area contributed by atoms with E-state index in [0.29, 0.717) is 18.4 Å². The molecule has 4 nitrogen and oxygen atoms in total. The molecule has 0 saturated heterocycles. The van der Waals surface area contributed by atoms with Crippen molar-refractivity contribution in [2.24, 2.45) is 0 Å². The van der Waals surface area contributed by atoms with Gasteiger partial charge in [0.15, 0.2) is 8.32 Å². The van der Waals surface area contributed by atoms with Gasteiger partial charge in [0.25, 0.3) is 0 Å². The molecule has 0 bridgehead atoms. The van der Waals surface area contributed by atoms with Crippen LogP contribution in [0.1, 0.15) is 40.5 Å². The lowest BCUT2D eigenvalue weighted by Crippen LogP contribution is -2.48. The third-order valence-electron chi connectivity index (χ3n) is 4.38. The van der Waals surface area contributed by atoms with Crippen LogP contribution in [-0.2, 0) is 14.0 Å². The lowest BCUT2D eigenvalue weighted by molar-refractivity contribution is -0.147. The summed E-state index contributed by atoms with van der Waals surface area (Å²) in [6.45, 7) is 16.1. The molecule has 1 N–H and O–H groups in total. The fourth-order valence-corrected chi connectivity index (χ4v) is 3.49. The minimum absolute atomic E-state index is 0.0826. The van der Waals surface area contributed by atoms with Crippen LogP contribution in [0.15, 0.2) is 12.2 Å². The van der Waals surface area contributed by atoms with Crippen LogP contribution in [0.5, 0.6) is 0 Å². The number of ether oxygens (including phenoxy) is 1. The van der Waals surface area contributed by atoms with E-state index in [1.165, 1.54) is 6.92 Å². The monoisotopic (exact) mass is 300 g/mol. The Bertz CT molecular complexity index is 384. The minimum atomic E-state index is -1.89. The molecule has 1 fully saturated rings. The molecule has 1 aliphatic rings.